The van der Waals surface area contributed by atoms with Gasteiger partial charge in [-0.3, -0.25) is 24.0 Å². The summed E-state index contributed by atoms with van der Waals surface area (Å²) in [4.78, 5) is 62.1. The Morgan fingerprint density at radius 1 is 0.444 bits per heavy atom. The largest absolute Gasteiger partial charge is 0.462 e. The van der Waals surface area contributed by atoms with Gasteiger partial charge in [-0.05, 0) is 242 Å². The maximum Gasteiger partial charge on any atom is 0.314 e. The van der Waals surface area contributed by atoms with E-state index in [9.17, 15) is 24.0 Å². The lowest BCUT2D eigenvalue weighted by Crippen LogP contribution is -2.43. The lowest BCUT2D eigenvalue weighted by atomic mass is 9.63. The van der Waals surface area contributed by atoms with E-state index in [2.05, 4.69) is 111 Å². The molecule has 0 spiro atoms. The number of carbonyl (C=O) groups is 5. The molecule has 0 aromatic carbocycles. The number of fused-ring (bicyclic) bond motifs is 20. The summed E-state index contributed by atoms with van der Waals surface area (Å²) in [6.45, 7) is 39.5. The third kappa shape index (κ3) is 16.9. The van der Waals surface area contributed by atoms with Crippen LogP contribution in [0.3, 0.4) is 0 Å². The average molecular weight is 1390 g/mol. The molecule has 15 heteroatoms. The highest BCUT2D eigenvalue weighted by Crippen LogP contribution is 2.72. The zero-order valence-electron chi connectivity index (χ0n) is 65.8. The van der Waals surface area contributed by atoms with Gasteiger partial charge in [-0.1, -0.05) is 155 Å². The molecule has 0 heterocycles. The summed E-state index contributed by atoms with van der Waals surface area (Å²) >= 11 is 0. The molecule has 0 radical (unpaired) electrons. The lowest BCUT2D eigenvalue weighted by molar-refractivity contribution is -0.175. The monoisotopic (exact) mass is 1390 g/mol. The van der Waals surface area contributed by atoms with Crippen molar-refractivity contribution in [3.8, 4) is 0 Å². The molecule has 0 N–H and O–H groups in total. The first-order valence-corrected chi connectivity index (χ1v) is 40.6. The van der Waals surface area contributed by atoms with Crippen LogP contribution in [0.5, 0.6) is 0 Å². The molecule has 15 nitrogen and oxygen atoms in total. The van der Waals surface area contributed by atoms with Gasteiger partial charge in [0.2, 0.25) is 0 Å². The molecule has 12 fully saturated rings. The van der Waals surface area contributed by atoms with Crippen LogP contribution in [0.1, 0.15) is 240 Å². The third-order valence-corrected chi connectivity index (χ3v) is 29.6. The van der Waals surface area contributed by atoms with Gasteiger partial charge in [0, 0.05) is 28.3 Å². The lowest BCUT2D eigenvalue weighted by Gasteiger charge is -2.41. The Bertz CT molecular complexity index is 2610. The van der Waals surface area contributed by atoms with Gasteiger partial charge in [0.05, 0.1) is 43.5 Å². The van der Waals surface area contributed by atoms with E-state index in [1.165, 1.54) is 117 Å². The second kappa shape index (κ2) is 34.6. The van der Waals surface area contributed by atoms with Gasteiger partial charge in [-0.15, -0.1) is 0 Å². The topological polar surface area (TPSA) is 178 Å². The molecule has 99 heavy (non-hydrogen) atoms. The number of hydrogen-bond donors (Lipinski definition) is 0. The first kappa shape index (κ1) is 80.3. The maximum atomic E-state index is 12.9. The van der Waals surface area contributed by atoms with E-state index in [4.69, 9.17) is 47.4 Å². The van der Waals surface area contributed by atoms with Crippen molar-refractivity contribution in [2.75, 3.05) is 68.3 Å². The molecule has 0 aromatic rings. The quantitative estimate of drug-likeness (QED) is 0.0328. The number of methoxy groups -OCH3 is 3. The van der Waals surface area contributed by atoms with Crippen LogP contribution in [0.25, 0.3) is 0 Å². The van der Waals surface area contributed by atoms with E-state index in [1.54, 1.807) is 14.2 Å². The van der Waals surface area contributed by atoms with Crippen molar-refractivity contribution in [2.24, 2.45) is 188 Å². The van der Waals surface area contributed by atoms with E-state index in [0.717, 1.165) is 125 Å². The summed E-state index contributed by atoms with van der Waals surface area (Å²) in [6.07, 6.45) is 22.5. The standard InChI is InChI=1S/2C22H38O3.C21H34O5.C19H32O4/c1-7-14-9-15(8-2)19-17-10-16(18(14)19)11-22(17,6)20(23)25-13-24-12-21(3,4)5;1-7-14-9-15(8-2)20-17-10-16(19(14)20)13(3)18(17)21(23)25-12-24-11-22(4,5)6;1-5-13-7-14(6-2)21-17-9-15(20(13)21)8-16(17)18(26-12(3)22)10-19(23)25-11-24-4;1-5-11-7-12(6-2)17-14-8-13(16(11)17)15(9-21-3)18(14)19(20)23-10-22-4/h14-19H,7-13H2,1-6H3;13-20H,7-12H2,1-6H3;13-18,20-21H,5-11H2,1-4H3;11-18H,5-10H2,1-4H3. The average Bonchev–Trinajstić information content (AvgIpc) is 1.57. The molecule has 31 unspecified atom stereocenters. The van der Waals surface area contributed by atoms with Crippen LogP contribution >= 0.6 is 0 Å². The van der Waals surface area contributed by atoms with Crippen molar-refractivity contribution >= 4 is 29.8 Å². The van der Waals surface area contributed by atoms with Gasteiger partial charge < -0.3 is 47.4 Å². The summed E-state index contributed by atoms with van der Waals surface area (Å²) < 4.78 is 53.6. The van der Waals surface area contributed by atoms with Crippen LogP contribution in [0.4, 0.5) is 0 Å². The third-order valence-electron chi connectivity index (χ3n) is 29.6. The molecule has 12 saturated carbocycles. The molecule has 12 aliphatic rings. The number of hydrogen-bond acceptors (Lipinski definition) is 15. The zero-order valence-corrected chi connectivity index (χ0v) is 65.8. The predicted octanol–water partition coefficient (Wildman–Crippen LogP) is 17.6. The van der Waals surface area contributed by atoms with Gasteiger partial charge in [0.25, 0.3) is 0 Å². The van der Waals surface area contributed by atoms with Gasteiger partial charge in [-0.2, -0.15) is 0 Å². The first-order valence-electron chi connectivity index (χ1n) is 40.6. The molecule has 0 saturated heterocycles. The van der Waals surface area contributed by atoms with Crippen LogP contribution in [0, 0.1) is 188 Å². The SMILES string of the molecule is CCC1CC(CC)C2C1C1CC2C(C)(C(=O)OCOCC(C)(C)C)C1.CCC1CC(CC)C2C3CC(C(C)C3C(=O)OCOCC(C)(C)C)C12.CCC1CC(CC)C2C3CC(C(COC)C3C(=O)OCOC)C12.CCC1CC(CC)C2C3CC(CC3C(CC(=O)OCOC)OC(C)=O)C12. The molecular formula is C84H142O15. The molecule has 8 bridgehead atoms. The Balaban J connectivity index is 0.000000154. The molecule has 31 atom stereocenters. The Morgan fingerprint density at radius 2 is 0.869 bits per heavy atom. The van der Waals surface area contributed by atoms with Crippen LogP contribution in [0.2, 0.25) is 0 Å². The Kier molecular flexibility index (Phi) is 28.0. The molecule has 12 aliphatic carbocycles. The number of rotatable bonds is 27. The minimum atomic E-state index is -0.356. The van der Waals surface area contributed by atoms with Crippen LogP contribution in [0.15, 0.2) is 0 Å². The molecule has 0 aliphatic heterocycles. The van der Waals surface area contributed by atoms with E-state index in [1.807, 2.05) is 0 Å². The van der Waals surface area contributed by atoms with Crippen molar-refractivity contribution in [1.82, 2.24) is 0 Å². The molecule has 0 amide bonds. The van der Waals surface area contributed by atoms with Gasteiger partial charge >= 0.3 is 29.8 Å². The summed E-state index contributed by atoms with van der Waals surface area (Å²) in [6, 6.07) is 0. The smallest absolute Gasteiger partial charge is 0.314 e. The normalized spacial score (nSPS) is 42.1. The summed E-state index contributed by atoms with van der Waals surface area (Å²) in [7, 11) is 4.80. The van der Waals surface area contributed by atoms with Crippen LogP contribution < -0.4 is 0 Å². The van der Waals surface area contributed by atoms with Crippen LogP contribution in [-0.2, 0) is 71.3 Å². The molecule has 568 valence electrons. The van der Waals surface area contributed by atoms with E-state index in [-0.39, 0.29) is 97.6 Å². The number of esters is 5. The fraction of sp³-hybridized carbons (Fsp3) is 0.940. The van der Waals surface area contributed by atoms with Crippen molar-refractivity contribution < 1.29 is 71.3 Å². The van der Waals surface area contributed by atoms with Crippen molar-refractivity contribution in [1.29, 1.82) is 0 Å². The highest BCUT2D eigenvalue weighted by molar-refractivity contribution is 5.78. The second-order valence-corrected chi connectivity index (χ2v) is 36.9. The second-order valence-electron chi connectivity index (χ2n) is 36.9. The summed E-state index contributed by atoms with van der Waals surface area (Å²) in [5.74, 6) is 18.6. The molecular weight excluding hydrogens is 1250 g/mol. The Labute approximate surface area is 600 Å². The Morgan fingerprint density at radius 3 is 1.36 bits per heavy atom. The zero-order chi connectivity index (χ0) is 72.2. The summed E-state index contributed by atoms with van der Waals surface area (Å²) in [5.41, 5.74) is -0.0804. The maximum absolute atomic E-state index is 12.9. The Hall–Kier alpha value is -2.85. The number of carbonyl (C=O) groups excluding carboxylic acids is 5. The van der Waals surface area contributed by atoms with Crippen molar-refractivity contribution in [2.45, 2.75) is 246 Å². The highest BCUT2D eigenvalue weighted by atomic mass is 16.7. The minimum Gasteiger partial charge on any atom is -0.462 e. The first-order chi connectivity index (χ1) is 47.2. The van der Waals surface area contributed by atoms with Gasteiger partial charge in [0.15, 0.2) is 27.2 Å². The molecule has 0 aromatic heterocycles. The summed E-state index contributed by atoms with van der Waals surface area (Å²) in [5, 5.41) is 0. The van der Waals surface area contributed by atoms with Gasteiger partial charge in [0.1, 0.15) is 6.10 Å². The van der Waals surface area contributed by atoms with Crippen molar-refractivity contribution in [3.05, 3.63) is 0 Å². The minimum absolute atomic E-state index is 0.00200. The van der Waals surface area contributed by atoms with Crippen LogP contribution in [-0.4, -0.2) is 104 Å². The fourth-order valence-electron chi connectivity index (χ4n) is 26.5. The number of ether oxygens (including phenoxy) is 10. The van der Waals surface area contributed by atoms with E-state index in [0.29, 0.717) is 67.2 Å². The predicted molar refractivity (Wildman–Crippen MR) is 384 cm³/mol. The van der Waals surface area contributed by atoms with E-state index >= 15 is 0 Å². The van der Waals surface area contributed by atoms with Gasteiger partial charge in [-0.25, -0.2) is 0 Å². The highest BCUT2D eigenvalue weighted by Gasteiger charge is 2.69. The molecule has 12 rings (SSSR count). The fourth-order valence-corrected chi connectivity index (χ4v) is 26.5. The van der Waals surface area contributed by atoms with E-state index < -0.39 is 0 Å². The van der Waals surface area contributed by atoms with Crippen molar-refractivity contribution in [3.63, 3.8) is 0 Å².